The van der Waals surface area contributed by atoms with Crippen LogP contribution >= 0.6 is 0 Å². The van der Waals surface area contributed by atoms with E-state index in [0.29, 0.717) is 18.4 Å². The van der Waals surface area contributed by atoms with Crippen LogP contribution in [0.2, 0.25) is 0 Å². The van der Waals surface area contributed by atoms with Gasteiger partial charge in [0.25, 0.3) is 0 Å². The van der Waals surface area contributed by atoms with E-state index in [1.165, 1.54) is 18.9 Å². The molecular formula is C16H23F2NO2. The first-order valence-corrected chi connectivity index (χ1v) is 7.49. The lowest BCUT2D eigenvalue weighted by atomic mass is 9.95. The van der Waals surface area contributed by atoms with Crippen molar-refractivity contribution in [3.8, 4) is 5.75 Å². The number of halogens is 2. The summed E-state index contributed by atoms with van der Waals surface area (Å²) in [7, 11) is 0. The number of rotatable bonds is 9. The summed E-state index contributed by atoms with van der Waals surface area (Å²) in [6.07, 6.45) is 4.95. The van der Waals surface area contributed by atoms with E-state index in [1.54, 1.807) is 0 Å². The zero-order chi connectivity index (χ0) is 15.3. The Labute approximate surface area is 124 Å². The van der Waals surface area contributed by atoms with Crippen molar-refractivity contribution in [3.05, 3.63) is 29.8 Å². The Morgan fingerprint density at radius 1 is 1.29 bits per heavy atom. The van der Waals surface area contributed by atoms with Crippen molar-refractivity contribution in [2.24, 2.45) is 0 Å². The van der Waals surface area contributed by atoms with Crippen LogP contribution in [0.15, 0.2) is 18.2 Å². The van der Waals surface area contributed by atoms with E-state index in [2.05, 4.69) is 5.32 Å². The number of unbranched alkanes of at least 4 members (excludes halogenated alkanes) is 1. The fourth-order valence-electron chi connectivity index (χ4n) is 2.29. The highest BCUT2D eigenvalue weighted by molar-refractivity contribution is 5.23. The lowest BCUT2D eigenvalue weighted by Crippen LogP contribution is -2.46. The van der Waals surface area contributed by atoms with Crippen molar-refractivity contribution in [1.29, 1.82) is 0 Å². The number of hydrogen-bond donors (Lipinski definition) is 2. The maximum absolute atomic E-state index is 13.0. The predicted molar refractivity (Wildman–Crippen MR) is 77.4 cm³/mol. The van der Waals surface area contributed by atoms with Gasteiger partial charge < -0.3 is 15.2 Å². The van der Waals surface area contributed by atoms with Gasteiger partial charge in [-0.15, -0.1) is 0 Å². The number of ether oxygens (including phenoxy) is 1. The molecule has 0 bridgehead atoms. The van der Waals surface area contributed by atoms with Crippen LogP contribution in [0, 0.1) is 11.6 Å². The van der Waals surface area contributed by atoms with Crippen LogP contribution in [0.3, 0.4) is 0 Å². The standard InChI is InChI=1S/C16H23F2NO2/c1-16(11-20,19-12-4-5-12)8-2-3-9-21-13-6-7-14(17)15(18)10-13/h6-7,10,12,19-20H,2-5,8-9,11H2,1H3. The molecule has 118 valence electrons. The van der Waals surface area contributed by atoms with Crippen molar-refractivity contribution in [1.82, 2.24) is 5.32 Å². The molecule has 1 fully saturated rings. The maximum atomic E-state index is 13.0. The summed E-state index contributed by atoms with van der Waals surface area (Å²) < 4.78 is 31.1. The third-order valence-corrected chi connectivity index (χ3v) is 3.76. The van der Waals surface area contributed by atoms with Crippen LogP contribution in [0.25, 0.3) is 0 Å². The molecule has 1 aliphatic rings. The van der Waals surface area contributed by atoms with Crippen molar-refractivity contribution in [2.75, 3.05) is 13.2 Å². The minimum Gasteiger partial charge on any atom is -0.493 e. The maximum Gasteiger partial charge on any atom is 0.162 e. The van der Waals surface area contributed by atoms with Crippen molar-refractivity contribution >= 4 is 0 Å². The minimum absolute atomic E-state index is 0.119. The van der Waals surface area contributed by atoms with E-state index in [-0.39, 0.29) is 12.1 Å². The molecule has 21 heavy (non-hydrogen) atoms. The third-order valence-electron chi connectivity index (χ3n) is 3.76. The van der Waals surface area contributed by atoms with Gasteiger partial charge in [0.2, 0.25) is 0 Å². The van der Waals surface area contributed by atoms with Gasteiger partial charge in [-0.3, -0.25) is 0 Å². The SMILES string of the molecule is CC(CO)(CCCCOc1ccc(F)c(F)c1)NC1CC1. The lowest BCUT2D eigenvalue weighted by Gasteiger charge is -2.29. The zero-order valence-corrected chi connectivity index (χ0v) is 12.4. The van der Waals surface area contributed by atoms with E-state index >= 15 is 0 Å². The molecule has 2 N–H and O–H groups in total. The van der Waals surface area contributed by atoms with Gasteiger partial charge in [-0.2, -0.15) is 0 Å². The van der Waals surface area contributed by atoms with Crippen LogP contribution < -0.4 is 10.1 Å². The molecule has 1 unspecified atom stereocenters. The van der Waals surface area contributed by atoms with Gasteiger partial charge in [0, 0.05) is 17.6 Å². The molecule has 1 aliphatic carbocycles. The summed E-state index contributed by atoms with van der Waals surface area (Å²) in [6.45, 7) is 2.60. The zero-order valence-electron chi connectivity index (χ0n) is 12.4. The van der Waals surface area contributed by atoms with Gasteiger partial charge in [-0.05, 0) is 51.2 Å². The molecule has 0 aromatic heterocycles. The van der Waals surface area contributed by atoms with Gasteiger partial charge in [0.1, 0.15) is 5.75 Å². The normalized spacial score (nSPS) is 17.5. The van der Waals surface area contributed by atoms with E-state index in [1.807, 2.05) is 6.92 Å². The molecular weight excluding hydrogens is 276 g/mol. The molecule has 0 amide bonds. The quantitative estimate of drug-likeness (QED) is 0.689. The second-order valence-electron chi connectivity index (χ2n) is 6.02. The van der Waals surface area contributed by atoms with Gasteiger partial charge in [-0.1, -0.05) is 0 Å². The molecule has 0 heterocycles. The fourth-order valence-corrected chi connectivity index (χ4v) is 2.29. The molecule has 3 nitrogen and oxygen atoms in total. The monoisotopic (exact) mass is 299 g/mol. The second kappa shape index (κ2) is 7.18. The van der Waals surface area contributed by atoms with Crippen molar-refractivity contribution < 1.29 is 18.6 Å². The molecule has 2 rings (SSSR count). The van der Waals surface area contributed by atoms with Gasteiger partial charge in [-0.25, -0.2) is 8.78 Å². The Hall–Kier alpha value is -1.20. The minimum atomic E-state index is -0.894. The highest BCUT2D eigenvalue weighted by atomic mass is 19.2. The molecule has 0 saturated heterocycles. The Bertz CT molecular complexity index is 466. The summed E-state index contributed by atoms with van der Waals surface area (Å²) in [5.74, 6) is -1.42. The second-order valence-corrected chi connectivity index (χ2v) is 6.02. The van der Waals surface area contributed by atoms with E-state index < -0.39 is 11.6 Å². The lowest BCUT2D eigenvalue weighted by molar-refractivity contribution is 0.158. The van der Waals surface area contributed by atoms with Crippen LogP contribution in [0.1, 0.15) is 39.0 Å². The smallest absolute Gasteiger partial charge is 0.162 e. The van der Waals surface area contributed by atoms with Crippen molar-refractivity contribution in [2.45, 2.75) is 50.6 Å². The molecule has 5 heteroatoms. The fraction of sp³-hybridized carbons (Fsp3) is 0.625. The largest absolute Gasteiger partial charge is 0.493 e. The van der Waals surface area contributed by atoms with Crippen LogP contribution in [-0.2, 0) is 0 Å². The van der Waals surface area contributed by atoms with Crippen LogP contribution in [0.5, 0.6) is 5.75 Å². The summed E-state index contributed by atoms with van der Waals surface area (Å²) in [5, 5.41) is 12.9. The van der Waals surface area contributed by atoms with E-state index in [0.717, 1.165) is 31.4 Å². The van der Waals surface area contributed by atoms with Crippen LogP contribution in [-0.4, -0.2) is 29.9 Å². The Morgan fingerprint density at radius 2 is 2.05 bits per heavy atom. The van der Waals surface area contributed by atoms with E-state index in [4.69, 9.17) is 4.74 Å². The van der Waals surface area contributed by atoms with Crippen molar-refractivity contribution in [3.63, 3.8) is 0 Å². The number of hydrogen-bond acceptors (Lipinski definition) is 3. The Balaban J connectivity index is 1.65. The molecule has 0 spiro atoms. The Morgan fingerprint density at radius 3 is 2.67 bits per heavy atom. The highest BCUT2D eigenvalue weighted by Gasteiger charge is 2.31. The number of nitrogens with one attached hydrogen (secondary N) is 1. The first-order valence-electron chi connectivity index (χ1n) is 7.49. The summed E-state index contributed by atoms with van der Waals surface area (Å²) in [4.78, 5) is 0. The number of aliphatic hydroxyl groups excluding tert-OH is 1. The third kappa shape index (κ3) is 5.25. The average Bonchev–Trinajstić information content (AvgIpc) is 3.26. The first kappa shape index (κ1) is 16.2. The first-order chi connectivity index (χ1) is 10.0. The topological polar surface area (TPSA) is 41.5 Å². The van der Waals surface area contributed by atoms with Crippen LogP contribution in [0.4, 0.5) is 8.78 Å². The summed E-state index contributed by atoms with van der Waals surface area (Å²) in [5.41, 5.74) is -0.233. The van der Waals surface area contributed by atoms with Gasteiger partial charge in [0.15, 0.2) is 11.6 Å². The molecule has 1 aromatic carbocycles. The highest BCUT2D eigenvalue weighted by Crippen LogP contribution is 2.25. The summed E-state index contributed by atoms with van der Waals surface area (Å²) >= 11 is 0. The van der Waals surface area contributed by atoms with E-state index in [9.17, 15) is 13.9 Å². The Kier molecular flexibility index (Phi) is 5.53. The predicted octanol–water partition coefficient (Wildman–Crippen LogP) is 3.02. The van der Waals surface area contributed by atoms with Gasteiger partial charge >= 0.3 is 0 Å². The summed E-state index contributed by atoms with van der Waals surface area (Å²) in [6, 6.07) is 4.10. The molecule has 1 saturated carbocycles. The molecule has 1 atom stereocenters. The average molecular weight is 299 g/mol. The number of benzene rings is 1. The molecule has 0 aliphatic heterocycles. The molecule has 1 aromatic rings. The molecule has 0 radical (unpaired) electrons. The van der Waals surface area contributed by atoms with Gasteiger partial charge in [0.05, 0.1) is 13.2 Å². The number of aliphatic hydroxyl groups is 1.